The number of halogens is 1. The normalized spacial score (nSPS) is 39.3. The number of phenolic OH excluding ortho intramolecular Hbond substituents is 2. The van der Waals surface area contributed by atoms with Gasteiger partial charge in [-0.15, -0.1) is 0 Å². The lowest BCUT2D eigenvalue weighted by Crippen LogP contribution is -2.69. The smallest absolute Gasteiger partial charge is 0.202 e. The minimum atomic E-state index is -2.24. The lowest BCUT2D eigenvalue weighted by atomic mass is 9.44. The van der Waals surface area contributed by atoms with Crippen molar-refractivity contribution in [2.45, 2.75) is 126 Å². The van der Waals surface area contributed by atoms with E-state index in [1.54, 1.807) is 33.8 Å². The predicted octanol–water partition coefficient (Wildman–Crippen LogP) is 1.90. The predicted molar refractivity (Wildman–Crippen MR) is 232 cm³/mol. The molecule has 10 N–H and O–H groups in total. The number of phenols is 2. The summed E-state index contributed by atoms with van der Waals surface area (Å²) >= 11 is 0. The van der Waals surface area contributed by atoms with E-state index in [9.17, 15) is 64.8 Å². The fourth-order valence-corrected chi connectivity index (χ4v) is 13.0. The fraction of sp³-hybridized carbons (Fsp3) is 0.571. The number of methoxy groups -OCH3 is 1. The van der Waals surface area contributed by atoms with Crippen molar-refractivity contribution in [3.05, 3.63) is 75.4 Å². The number of hydrogen-bond donors (Lipinski definition) is 9. The highest BCUT2D eigenvalue weighted by atomic mass is 19.1. The van der Waals surface area contributed by atoms with Gasteiger partial charge in [-0.05, 0) is 69.6 Å². The molecule has 14 atom stereocenters. The Balaban J connectivity index is 0.000000192. The van der Waals surface area contributed by atoms with Crippen LogP contribution in [-0.4, -0.2) is 138 Å². The van der Waals surface area contributed by atoms with Crippen LogP contribution in [0.5, 0.6) is 17.2 Å². The number of ether oxygens (including phenoxy) is 3. The first kappa shape index (κ1) is 48.7. The number of aliphatic hydroxyl groups is 6. The van der Waals surface area contributed by atoms with Gasteiger partial charge >= 0.3 is 0 Å². The van der Waals surface area contributed by atoms with Crippen LogP contribution in [0.2, 0.25) is 0 Å². The summed E-state index contributed by atoms with van der Waals surface area (Å²) in [6.07, 6.45) is -0.684. The van der Waals surface area contributed by atoms with Crippen LogP contribution in [0.3, 0.4) is 0 Å². The number of hydrogen-bond acceptors (Lipinski definition) is 17. The molecule has 0 radical (unpaired) electrons. The number of rotatable bonds is 7. The number of allylic oxidation sites excluding steroid dienone is 4. The van der Waals surface area contributed by atoms with Gasteiger partial charge in [0, 0.05) is 58.7 Å². The van der Waals surface area contributed by atoms with E-state index in [0.29, 0.717) is 24.8 Å². The van der Waals surface area contributed by atoms with Crippen LogP contribution in [-0.2, 0) is 30.3 Å². The standard InChI is InChI=1S/C27H29NO11.C22H29FO5/c1-10-22(31)13(28)6-17(38-10)39-15-8-27(36,16(30)9-29)7-12-19(15)26(35)21-20(24(12)33)23(32)11-4-3-5-14(37-2)18(11)25(21)34;1-12-8-16-15-5-4-13-9-14(25)6-7-19(13,2)21(15,23)17(26)10-20(16,3)22(12,28)18(27)11-24/h3-5,10,13,15,17,22,29,31,33,35-36H,6-9,28H2,1-2H3;6-7,9,12,15-17,24,26,28H,4-5,8,10-11H2,1-3H3/t10-,13-,15-,17-,22+,27-;12-,15+,16+,17+,19+,20+,21+,22+/m01/s1. The van der Waals surface area contributed by atoms with Gasteiger partial charge < -0.3 is 60.8 Å². The topological polar surface area (TPSA) is 301 Å². The lowest BCUT2D eigenvalue weighted by Gasteiger charge is -2.62. The van der Waals surface area contributed by atoms with E-state index >= 15 is 4.39 Å². The summed E-state index contributed by atoms with van der Waals surface area (Å²) < 4.78 is 33.9. The SMILES string of the molecule is COc1cccc2c1C(=O)c1c(O)c3c(c(O)c1C2=O)C[C@@](O)(C(=O)CO)C[C@@H]3O[C@H]1C[C@H](N)[C@H](O)[C@H](C)O1.C[C@@H]1C[C@H]2[C@@H]3CCC4=CC(=O)C=C[C@]4(C)[C@@]3(F)[C@@H](O)C[C@]2(C)[C@@]1(O)C(=O)CO. The van der Waals surface area contributed by atoms with Crippen LogP contribution >= 0.6 is 0 Å². The first-order valence-electron chi connectivity index (χ1n) is 22.6. The summed E-state index contributed by atoms with van der Waals surface area (Å²) in [6, 6.07) is 3.64. The van der Waals surface area contributed by atoms with Crippen molar-refractivity contribution in [2.75, 3.05) is 20.3 Å². The second kappa shape index (κ2) is 16.7. The molecule has 17 nitrogen and oxygen atoms in total. The average molecular weight is 936 g/mol. The molecular formula is C49H58FNO16. The highest BCUT2D eigenvalue weighted by molar-refractivity contribution is 6.31. The number of ketones is 5. The van der Waals surface area contributed by atoms with Crippen molar-refractivity contribution in [3.8, 4) is 17.2 Å². The summed E-state index contributed by atoms with van der Waals surface area (Å²) in [5, 5.41) is 85.7. The first-order valence-corrected chi connectivity index (χ1v) is 22.6. The molecule has 0 spiro atoms. The van der Waals surface area contributed by atoms with Crippen LogP contribution < -0.4 is 10.5 Å². The molecule has 18 heteroatoms. The van der Waals surface area contributed by atoms with Crippen molar-refractivity contribution in [3.63, 3.8) is 0 Å². The van der Waals surface area contributed by atoms with Crippen molar-refractivity contribution in [1.82, 2.24) is 0 Å². The Kier molecular flexibility index (Phi) is 12.2. The first-order chi connectivity index (χ1) is 31.4. The van der Waals surface area contributed by atoms with E-state index in [1.807, 2.05) is 0 Å². The van der Waals surface area contributed by atoms with Crippen molar-refractivity contribution < 1.29 is 83.4 Å². The Labute approximate surface area is 385 Å². The third kappa shape index (κ3) is 6.84. The Hall–Kier alpha value is -4.76. The quantitative estimate of drug-likeness (QED) is 0.153. The maximum Gasteiger partial charge on any atom is 0.202 e. The molecule has 6 aliphatic carbocycles. The molecule has 2 aromatic rings. The molecule has 4 fully saturated rings. The number of alkyl halides is 1. The zero-order chi connectivity index (χ0) is 49.1. The zero-order valence-electron chi connectivity index (χ0n) is 37.8. The molecule has 0 unspecified atom stereocenters. The van der Waals surface area contributed by atoms with Gasteiger partial charge in [0.2, 0.25) is 5.78 Å². The van der Waals surface area contributed by atoms with E-state index in [1.165, 1.54) is 37.5 Å². The minimum Gasteiger partial charge on any atom is -0.507 e. The van der Waals surface area contributed by atoms with Crippen molar-refractivity contribution >= 4 is 28.9 Å². The van der Waals surface area contributed by atoms with Gasteiger partial charge in [-0.25, -0.2) is 4.39 Å². The number of aromatic hydroxyl groups is 2. The Morgan fingerprint density at radius 3 is 2.24 bits per heavy atom. The van der Waals surface area contributed by atoms with Gasteiger partial charge in [0.15, 0.2) is 35.1 Å². The third-order valence-electron chi connectivity index (χ3n) is 16.6. The van der Waals surface area contributed by atoms with Crippen LogP contribution in [0.1, 0.15) is 115 Å². The second-order valence-electron chi connectivity index (χ2n) is 19.9. The number of carbonyl (C=O) groups excluding carboxylic acids is 5. The minimum absolute atomic E-state index is 0.0173. The van der Waals surface area contributed by atoms with E-state index < -0.39 is 148 Å². The zero-order valence-corrected chi connectivity index (χ0v) is 37.8. The number of fused-ring (bicyclic) bond motifs is 8. The molecule has 1 heterocycles. The van der Waals surface area contributed by atoms with E-state index in [0.717, 1.165) is 0 Å². The summed E-state index contributed by atoms with van der Waals surface area (Å²) in [4.78, 5) is 64.1. The van der Waals surface area contributed by atoms with Crippen molar-refractivity contribution in [1.29, 1.82) is 0 Å². The maximum absolute atomic E-state index is 16.9. The number of benzene rings is 2. The summed E-state index contributed by atoms with van der Waals surface area (Å²) in [5.41, 5.74) is -2.80. The highest BCUT2D eigenvalue weighted by Gasteiger charge is 2.75. The summed E-state index contributed by atoms with van der Waals surface area (Å²) in [7, 11) is 1.32. The van der Waals surface area contributed by atoms with Gasteiger partial charge in [0.25, 0.3) is 0 Å². The van der Waals surface area contributed by atoms with E-state index in [4.69, 9.17) is 19.9 Å². The van der Waals surface area contributed by atoms with E-state index in [2.05, 4.69) is 0 Å². The van der Waals surface area contributed by atoms with Crippen LogP contribution in [0.4, 0.5) is 4.39 Å². The molecule has 0 aromatic heterocycles. The Bertz CT molecular complexity index is 2510. The molecule has 3 saturated carbocycles. The number of nitrogens with two attached hydrogens (primary N) is 1. The molecule has 1 saturated heterocycles. The fourth-order valence-electron chi connectivity index (χ4n) is 13.0. The molecule has 2 aromatic carbocycles. The van der Waals surface area contributed by atoms with Gasteiger partial charge in [-0.1, -0.05) is 37.6 Å². The third-order valence-corrected chi connectivity index (χ3v) is 16.6. The molecule has 0 amide bonds. The largest absolute Gasteiger partial charge is 0.507 e. The molecule has 67 heavy (non-hydrogen) atoms. The number of aliphatic hydroxyl groups excluding tert-OH is 4. The highest BCUT2D eigenvalue weighted by Crippen LogP contribution is 2.70. The summed E-state index contributed by atoms with van der Waals surface area (Å²) in [5.74, 6) is -5.89. The van der Waals surface area contributed by atoms with Gasteiger partial charge in [-0.3, -0.25) is 24.0 Å². The average Bonchev–Trinajstić information content (AvgIpc) is 3.49. The lowest BCUT2D eigenvalue weighted by molar-refractivity contribution is -0.247. The Morgan fingerprint density at radius 2 is 1.60 bits per heavy atom. The van der Waals surface area contributed by atoms with Crippen molar-refractivity contribution in [2.24, 2.45) is 34.3 Å². The second-order valence-corrected chi connectivity index (χ2v) is 19.9. The van der Waals surface area contributed by atoms with E-state index in [-0.39, 0.29) is 52.5 Å². The van der Waals surface area contributed by atoms with Crippen LogP contribution in [0, 0.1) is 28.6 Å². The van der Waals surface area contributed by atoms with Crippen LogP contribution in [0.25, 0.3) is 0 Å². The number of Topliss-reactive ketones (excluding diaryl/α,β-unsaturated/α-hetero) is 2. The molecule has 1 aliphatic heterocycles. The molecular weight excluding hydrogens is 878 g/mol. The van der Waals surface area contributed by atoms with Gasteiger partial charge in [0.1, 0.15) is 41.7 Å². The summed E-state index contributed by atoms with van der Waals surface area (Å²) in [6.45, 7) is 5.04. The monoisotopic (exact) mass is 935 g/mol. The molecule has 9 rings (SSSR count). The molecule has 7 aliphatic rings. The Morgan fingerprint density at radius 1 is 0.925 bits per heavy atom. The van der Waals surface area contributed by atoms with Crippen LogP contribution in [0.15, 0.2) is 42.0 Å². The molecule has 362 valence electrons. The maximum atomic E-state index is 16.9. The van der Waals surface area contributed by atoms with Gasteiger partial charge in [0.05, 0.1) is 48.2 Å². The number of carbonyl (C=O) groups is 5. The van der Waals surface area contributed by atoms with Gasteiger partial charge in [-0.2, -0.15) is 0 Å². The molecule has 0 bridgehead atoms.